The van der Waals surface area contributed by atoms with Crippen LogP contribution < -0.4 is 5.32 Å². The van der Waals surface area contributed by atoms with Crippen LogP contribution in [0.15, 0.2) is 30.5 Å². The number of hydrogen-bond donors (Lipinski definition) is 1. The third kappa shape index (κ3) is 3.06. The van der Waals surface area contributed by atoms with E-state index in [-0.39, 0.29) is 5.97 Å². The maximum atomic E-state index is 11.4. The fourth-order valence-electron chi connectivity index (χ4n) is 1.64. The van der Waals surface area contributed by atoms with Crippen molar-refractivity contribution < 1.29 is 9.53 Å². The molecule has 1 aromatic heterocycles. The lowest BCUT2D eigenvalue weighted by atomic mass is 10.2. The maximum absolute atomic E-state index is 11.4. The van der Waals surface area contributed by atoms with E-state index in [1.54, 1.807) is 29.0 Å². The van der Waals surface area contributed by atoms with Gasteiger partial charge in [-0.3, -0.25) is 0 Å². The molecule has 1 heterocycles. The van der Waals surface area contributed by atoms with Gasteiger partial charge in [-0.25, -0.2) is 9.78 Å². The van der Waals surface area contributed by atoms with Gasteiger partial charge >= 0.3 is 5.97 Å². The van der Waals surface area contributed by atoms with Crippen molar-refractivity contribution >= 4 is 23.3 Å². The number of rotatable bonds is 4. The average molecular weight is 280 g/mol. The predicted octanol–water partition coefficient (Wildman–Crippen LogP) is 2.47. The van der Waals surface area contributed by atoms with Crippen molar-refractivity contribution in [2.45, 2.75) is 6.54 Å². The number of aromatic nitrogens is 2. The highest BCUT2D eigenvalue weighted by Crippen LogP contribution is 2.14. The standard InChI is InChI=1S/C13H14ClN3O2/c1-17-11(14)7-16-12(17)8-15-10-5-3-4-9(6-10)13(18)19-2/h3-7,15H,8H2,1-2H3. The molecule has 0 atom stereocenters. The molecule has 0 bridgehead atoms. The van der Waals surface area contributed by atoms with Crippen LogP contribution in [-0.4, -0.2) is 22.6 Å². The molecule has 0 amide bonds. The third-order valence-corrected chi connectivity index (χ3v) is 3.11. The Morgan fingerprint density at radius 3 is 2.95 bits per heavy atom. The molecule has 2 rings (SSSR count). The van der Waals surface area contributed by atoms with E-state index in [9.17, 15) is 4.79 Å². The summed E-state index contributed by atoms with van der Waals surface area (Å²) in [5, 5.41) is 3.77. The molecule has 19 heavy (non-hydrogen) atoms. The Balaban J connectivity index is 2.07. The first-order valence-electron chi connectivity index (χ1n) is 5.70. The first-order valence-corrected chi connectivity index (χ1v) is 6.08. The van der Waals surface area contributed by atoms with E-state index in [2.05, 4.69) is 15.0 Å². The van der Waals surface area contributed by atoms with E-state index in [4.69, 9.17) is 11.6 Å². The molecule has 0 aliphatic heterocycles. The molecule has 0 saturated heterocycles. The molecule has 100 valence electrons. The molecule has 0 radical (unpaired) electrons. The highest BCUT2D eigenvalue weighted by Gasteiger charge is 2.07. The fraction of sp³-hybridized carbons (Fsp3) is 0.231. The summed E-state index contributed by atoms with van der Waals surface area (Å²) in [7, 11) is 3.20. The number of carbonyl (C=O) groups is 1. The molecule has 0 unspecified atom stereocenters. The van der Waals surface area contributed by atoms with Crippen LogP contribution in [0.2, 0.25) is 5.15 Å². The van der Waals surface area contributed by atoms with Crippen molar-refractivity contribution in [1.82, 2.24) is 9.55 Å². The quantitative estimate of drug-likeness (QED) is 0.874. The van der Waals surface area contributed by atoms with Crippen LogP contribution in [0.25, 0.3) is 0 Å². The summed E-state index contributed by atoms with van der Waals surface area (Å²) in [4.78, 5) is 15.6. The molecular formula is C13H14ClN3O2. The summed E-state index contributed by atoms with van der Waals surface area (Å²) in [6.07, 6.45) is 1.60. The molecule has 0 saturated carbocycles. The van der Waals surface area contributed by atoms with Crippen molar-refractivity contribution in [1.29, 1.82) is 0 Å². The van der Waals surface area contributed by atoms with Crippen LogP contribution in [0.3, 0.4) is 0 Å². The Labute approximate surface area is 116 Å². The predicted molar refractivity (Wildman–Crippen MR) is 73.3 cm³/mol. The topological polar surface area (TPSA) is 56.1 Å². The van der Waals surface area contributed by atoms with Gasteiger partial charge in [0.1, 0.15) is 11.0 Å². The molecule has 1 N–H and O–H groups in total. The number of imidazole rings is 1. The number of nitrogens with zero attached hydrogens (tertiary/aromatic N) is 2. The molecule has 0 fully saturated rings. The van der Waals surface area contributed by atoms with Crippen LogP contribution in [0.5, 0.6) is 0 Å². The number of methoxy groups -OCH3 is 1. The number of halogens is 1. The SMILES string of the molecule is COC(=O)c1cccc(NCc2ncc(Cl)n2C)c1. The molecule has 1 aromatic carbocycles. The Morgan fingerprint density at radius 2 is 2.32 bits per heavy atom. The second-order valence-corrected chi connectivity index (χ2v) is 4.37. The minimum atomic E-state index is -0.358. The van der Waals surface area contributed by atoms with Crippen LogP contribution in [-0.2, 0) is 18.3 Å². The van der Waals surface area contributed by atoms with Crippen LogP contribution in [0, 0.1) is 0 Å². The first-order chi connectivity index (χ1) is 9.11. The van der Waals surface area contributed by atoms with E-state index in [1.165, 1.54) is 7.11 Å². The van der Waals surface area contributed by atoms with Gasteiger partial charge in [-0.1, -0.05) is 17.7 Å². The van der Waals surface area contributed by atoms with Gasteiger partial charge in [0.25, 0.3) is 0 Å². The largest absolute Gasteiger partial charge is 0.465 e. The zero-order chi connectivity index (χ0) is 13.8. The lowest BCUT2D eigenvalue weighted by Gasteiger charge is -2.08. The molecule has 0 aliphatic rings. The van der Waals surface area contributed by atoms with Crippen LogP contribution in [0.1, 0.15) is 16.2 Å². The van der Waals surface area contributed by atoms with E-state index < -0.39 is 0 Å². The van der Waals surface area contributed by atoms with Crippen molar-refractivity contribution in [3.63, 3.8) is 0 Å². The maximum Gasteiger partial charge on any atom is 0.337 e. The lowest BCUT2D eigenvalue weighted by Crippen LogP contribution is -2.07. The van der Waals surface area contributed by atoms with Crippen molar-refractivity contribution in [2.75, 3.05) is 12.4 Å². The van der Waals surface area contributed by atoms with Gasteiger partial charge in [0, 0.05) is 12.7 Å². The lowest BCUT2D eigenvalue weighted by molar-refractivity contribution is 0.0601. The second kappa shape index (κ2) is 5.75. The number of esters is 1. The molecule has 5 nitrogen and oxygen atoms in total. The minimum Gasteiger partial charge on any atom is -0.465 e. The Bertz CT molecular complexity index is 595. The summed E-state index contributed by atoms with van der Waals surface area (Å²) in [5.74, 6) is 0.456. The van der Waals surface area contributed by atoms with Crippen molar-refractivity contribution in [3.8, 4) is 0 Å². The number of carbonyl (C=O) groups excluding carboxylic acids is 1. The van der Waals surface area contributed by atoms with Gasteiger partial charge in [-0.05, 0) is 18.2 Å². The number of anilines is 1. The zero-order valence-corrected chi connectivity index (χ0v) is 11.4. The fourth-order valence-corrected chi connectivity index (χ4v) is 1.79. The summed E-state index contributed by atoms with van der Waals surface area (Å²) in [6, 6.07) is 7.10. The Kier molecular flexibility index (Phi) is 4.06. The van der Waals surface area contributed by atoms with Crippen molar-refractivity contribution in [3.05, 3.63) is 47.0 Å². The van der Waals surface area contributed by atoms with Gasteiger partial charge in [0.15, 0.2) is 0 Å². The van der Waals surface area contributed by atoms with E-state index in [0.717, 1.165) is 11.5 Å². The summed E-state index contributed by atoms with van der Waals surface area (Å²) >= 11 is 5.91. The normalized spacial score (nSPS) is 10.3. The van der Waals surface area contributed by atoms with Crippen LogP contribution >= 0.6 is 11.6 Å². The van der Waals surface area contributed by atoms with Crippen LogP contribution in [0.4, 0.5) is 5.69 Å². The van der Waals surface area contributed by atoms with Gasteiger partial charge in [0.2, 0.25) is 0 Å². The number of benzene rings is 1. The molecule has 6 heteroatoms. The second-order valence-electron chi connectivity index (χ2n) is 3.98. The van der Waals surface area contributed by atoms with Crippen molar-refractivity contribution in [2.24, 2.45) is 7.05 Å². The molecule has 0 aliphatic carbocycles. The zero-order valence-electron chi connectivity index (χ0n) is 10.7. The minimum absolute atomic E-state index is 0.358. The van der Waals surface area contributed by atoms with Gasteiger partial charge in [0.05, 0.1) is 25.4 Å². The van der Waals surface area contributed by atoms with Gasteiger partial charge in [-0.15, -0.1) is 0 Å². The smallest absolute Gasteiger partial charge is 0.337 e. The van der Waals surface area contributed by atoms with E-state index in [1.807, 2.05) is 13.1 Å². The number of ether oxygens (including phenoxy) is 1. The average Bonchev–Trinajstić information content (AvgIpc) is 2.76. The number of nitrogens with one attached hydrogen (secondary N) is 1. The molecule has 0 spiro atoms. The summed E-state index contributed by atoms with van der Waals surface area (Å²) in [6.45, 7) is 0.522. The first kappa shape index (κ1) is 13.4. The summed E-state index contributed by atoms with van der Waals surface area (Å²) in [5.41, 5.74) is 1.33. The summed E-state index contributed by atoms with van der Waals surface area (Å²) < 4.78 is 6.47. The van der Waals surface area contributed by atoms with E-state index >= 15 is 0 Å². The van der Waals surface area contributed by atoms with Gasteiger partial charge < -0.3 is 14.6 Å². The monoisotopic (exact) mass is 279 g/mol. The van der Waals surface area contributed by atoms with E-state index in [0.29, 0.717) is 17.3 Å². The highest BCUT2D eigenvalue weighted by molar-refractivity contribution is 6.29. The number of hydrogen-bond acceptors (Lipinski definition) is 4. The molecule has 2 aromatic rings. The van der Waals surface area contributed by atoms with Gasteiger partial charge in [-0.2, -0.15) is 0 Å². The third-order valence-electron chi connectivity index (χ3n) is 2.76. The highest BCUT2D eigenvalue weighted by atomic mass is 35.5. The molecular weight excluding hydrogens is 266 g/mol. The Morgan fingerprint density at radius 1 is 1.53 bits per heavy atom. The Hall–Kier alpha value is -2.01.